The van der Waals surface area contributed by atoms with Crippen molar-refractivity contribution in [2.24, 2.45) is 7.05 Å². The predicted molar refractivity (Wildman–Crippen MR) is 108 cm³/mol. The Balaban J connectivity index is 1.64. The van der Waals surface area contributed by atoms with Gasteiger partial charge >= 0.3 is 0 Å². The van der Waals surface area contributed by atoms with Crippen LogP contribution in [0.3, 0.4) is 0 Å². The van der Waals surface area contributed by atoms with Gasteiger partial charge in [-0.05, 0) is 25.0 Å². The summed E-state index contributed by atoms with van der Waals surface area (Å²) in [7, 11) is 1.90. The standard InChI is InChI=1S/C21H21N5O3/c1-24-14-22-23-21(24)17-8-5-11-25(13-17)18-10-9-16(12-19(18)26(28)29)20(27)15-6-3-2-4-7-15/h2-4,6-7,9-10,12,14,17H,5,8,11,13H2,1H3. The van der Waals surface area contributed by atoms with Gasteiger partial charge in [-0.3, -0.25) is 14.9 Å². The Morgan fingerprint density at radius 2 is 1.97 bits per heavy atom. The minimum atomic E-state index is -0.414. The zero-order valence-electron chi connectivity index (χ0n) is 16.1. The first-order valence-corrected chi connectivity index (χ1v) is 9.51. The van der Waals surface area contributed by atoms with Crippen LogP contribution in [0.25, 0.3) is 0 Å². The first kappa shape index (κ1) is 18.8. The molecule has 0 radical (unpaired) electrons. The highest BCUT2D eigenvalue weighted by Gasteiger charge is 2.29. The first-order chi connectivity index (χ1) is 14.0. The lowest BCUT2D eigenvalue weighted by Gasteiger charge is -2.33. The van der Waals surface area contributed by atoms with E-state index in [1.165, 1.54) is 6.07 Å². The number of hydrogen-bond acceptors (Lipinski definition) is 6. The van der Waals surface area contributed by atoms with Crippen molar-refractivity contribution in [3.05, 3.63) is 81.9 Å². The molecule has 0 saturated carbocycles. The first-order valence-electron chi connectivity index (χ1n) is 9.51. The lowest BCUT2D eigenvalue weighted by atomic mass is 9.96. The van der Waals surface area contributed by atoms with E-state index in [1.807, 2.05) is 22.6 Å². The highest BCUT2D eigenvalue weighted by atomic mass is 16.6. The van der Waals surface area contributed by atoms with Crippen LogP contribution in [0.5, 0.6) is 0 Å². The van der Waals surface area contributed by atoms with Crippen LogP contribution in [-0.4, -0.2) is 38.6 Å². The zero-order chi connectivity index (χ0) is 20.4. The van der Waals surface area contributed by atoms with Gasteiger partial charge in [0, 0.05) is 43.2 Å². The number of nitro groups is 1. The Morgan fingerprint density at radius 3 is 2.66 bits per heavy atom. The van der Waals surface area contributed by atoms with Crippen LogP contribution in [-0.2, 0) is 7.05 Å². The van der Waals surface area contributed by atoms with Crippen LogP contribution in [0.15, 0.2) is 54.9 Å². The molecule has 4 rings (SSSR count). The molecule has 0 spiro atoms. The van der Waals surface area contributed by atoms with Crippen molar-refractivity contribution in [2.75, 3.05) is 18.0 Å². The number of hydrogen-bond donors (Lipinski definition) is 0. The second-order valence-electron chi connectivity index (χ2n) is 7.24. The van der Waals surface area contributed by atoms with Crippen LogP contribution in [0, 0.1) is 10.1 Å². The van der Waals surface area contributed by atoms with E-state index in [9.17, 15) is 14.9 Å². The molecule has 8 heteroatoms. The minimum absolute atomic E-state index is 0.0506. The van der Waals surface area contributed by atoms with Gasteiger partial charge in [-0.2, -0.15) is 0 Å². The second kappa shape index (κ2) is 7.83. The molecular weight excluding hydrogens is 370 g/mol. The van der Waals surface area contributed by atoms with Crippen molar-refractivity contribution >= 4 is 17.2 Å². The van der Waals surface area contributed by atoms with Crippen LogP contribution >= 0.6 is 0 Å². The SMILES string of the molecule is Cn1cnnc1C1CCCN(c2ccc(C(=O)c3ccccc3)cc2[N+](=O)[O-])C1. The van der Waals surface area contributed by atoms with Gasteiger partial charge in [0.2, 0.25) is 0 Å². The van der Waals surface area contributed by atoms with Crippen LogP contribution in [0.1, 0.15) is 40.5 Å². The van der Waals surface area contributed by atoms with Crippen LogP contribution in [0.4, 0.5) is 11.4 Å². The van der Waals surface area contributed by atoms with E-state index in [4.69, 9.17) is 0 Å². The Morgan fingerprint density at radius 1 is 1.17 bits per heavy atom. The summed E-state index contributed by atoms with van der Waals surface area (Å²) < 4.78 is 1.89. The molecule has 0 N–H and O–H groups in total. The molecule has 1 fully saturated rings. The summed E-state index contributed by atoms with van der Waals surface area (Å²) >= 11 is 0. The maximum atomic E-state index is 12.7. The Labute approximate surface area is 167 Å². The summed E-state index contributed by atoms with van der Waals surface area (Å²) in [4.78, 5) is 26.1. The Bertz CT molecular complexity index is 1050. The predicted octanol–water partition coefficient (Wildman–Crippen LogP) is 3.34. The minimum Gasteiger partial charge on any atom is -0.365 e. The molecule has 0 aliphatic carbocycles. The molecule has 2 aromatic carbocycles. The highest BCUT2D eigenvalue weighted by Crippen LogP contribution is 2.35. The molecule has 1 aliphatic rings. The van der Waals surface area contributed by atoms with E-state index in [0.717, 1.165) is 25.2 Å². The number of nitrogens with zero attached hydrogens (tertiary/aromatic N) is 5. The largest absolute Gasteiger partial charge is 0.365 e. The molecule has 148 valence electrons. The number of carbonyl (C=O) groups excluding carboxylic acids is 1. The third-order valence-electron chi connectivity index (χ3n) is 5.34. The Hall–Kier alpha value is -3.55. The number of carbonyl (C=O) groups is 1. The summed E-state index contributed by atoms with van der Waals surface area (Å²) in [6, 6.07) is 13.5. The van der Waals surface area contributed by atoms with E-state index < -0.39 is 4.92 Å². The fourth-order valence-electron chi connectivity index (χ4n) is 3.90. The average molecular weight is 391 g/mol. The summed E-state index contributed by atoms with van der Waals surface area (Å²) in [5.74, 6) is 0.811. The number of benzene rings is 2. The molecule has 29 heavy (non-hydrogen) atoms. The van der Waals surface area contributed by atoms with Crippen molar-refractivity contribution in [1.82, 2.24) is 14.8 Å². The molecule has 2 heterocycles. The van der Waals surface area contributed by atoms with Gasteiger partial charge in [0.1, 0.15) is 17.8 Å². The van der Waals surface area contributed by atoms with Crippen LogP contribution < -0.4 is 4.90 Å². The molecule has 0 bridgehead atoms. The molecule has 1 atom stereocenters. The van der Waals surface area contributed by atoms with Gasteiger partial charge < -0.3 is 9.47 Å². The van der Waals surface area contributed by atoms with Crippen molar-refractivity contribution in [3.63, 3.8) is 0 Å². The fraction of sp³-hybridized carbons (Fsp3) is 0.286. The van der Waals surface area contributed by atoms with Gasteiger partial charge in [-0.1, -0.05) is 30.3 Å². The van der Waals surface area contributed by atoms with E-state index >= 15 is 0 Å². The molecule has 1 aromatic heterocycles. The van der Waals surface area contributed by atoms with E-state index in [0.29, 0.717) is 23.4 Å². The van der Waals surface area contributed by atoms with Crippen LogP contribution in [0.2, 0.25) is 0 Å². The van der Waals surface area contributed by atoms with E-state index in [1.54, 1.807) is 42.7 Å². The number of nitro benzene ring substituents is 1. The second-order valence-corrected chi connectivity index (χ2v) is 7.24. The summed E-state index contributed by atoms with van der Waals surface area (Å²) in [5, 5.41) is 19.9. The number of piperidine rings is 1. The number of aromatic nitrogens is 3. The van der Waals surface area contributed by atoms with E-state index in [2.05, 4.69) is 10.2 Å². The molecule has 3 aromatic rings. The zero-order valence-corrected chi connectivity index (χ0v) is 16.1. The maximum absolute atomic E-state index is 12.7. The average Bonchev–Trinajstić information content (AvgIpc) is 3.19. The van der Waals surface area contributed by atoms with Gasteiger partial charge in [0.25, 0.3) is 5.69 Å². The molecule has 1 unspecified atom stereocenters. The maximum Gasteiger partial charge on any atom is 0.293 e. The summed E-state index contributed by atoms with van der Waals surface area (Å²) in [5.41, 5.74) is 1.31. The third kappa shape index (κ3) is 3.73. The van der Waals surface area contributed by atoms with Crippen molar-refractivity contribution in [2.45, 2.75) is 18.8 Å². The molecule has 1 aliphatic heterocycles. The number of aryl methyl sites for hydroxylation is 1. The van der Waals surface area contributed by atoms with Gasteiger partial charge in [0.15, 0.2) is 5.78 Å². The third-order valence-corrected chi connectivity index (χ3v) is 5.34. The van der Waals surface area contributed by atoms with Crippen molar-refractivity contribution < 1.29 is 9.72 Å². The fourth-order valence-corrected chi connectivity index (χ4v) is 3.90. The number of anilines is 1. The van der Waals surface area contributed by atoms with Crippen molar-refractivity contribution in [3.8, 4) is 0 Å². The summed E-state index contributed by atoms with van der Waals surface area (Å²) in [6.07, 6.45) is 3.53. The quantitative estimate of drug-likeness (QED) is 0.376. The van der Waals surface area contributed by atoms with Gasteiger partial charge in [0.05, 0.1) is 4.92 Å². The van der Waals surface area contributed by atoms with Gasteiger partial charge in [-0.15, -0.1) is 10.2 Å². The Kier molecular flexibility index (Phi) is 5.07. The molecular formula is C21H21N5O3. The van der Waals surface area contributed by atoms with E-state index in [-0.39, 0.29) is 17.4 Å². The van der Waals surface area contributed by atoms with Crippen molar-refractivity contribution in [1.29, 1.82) is 0 Å². The topological polar surface area (TPSA) is 94.2 Å². The lowest BCUT2D eigenvalue weighted by molar-refractivity contribution is -0.384. The smallest absolute Gasteiger partial charge is 0.293 e. The number of rotatable bonds is 5. The normalized spacial score (nSPS) is 16.6. The highest BCUT2D eigenvalue weighted by molar-refractivity contribution is 6.09. The molecule has 1 saturated heterocycles. The van der Waals surface area contributed by atoms with Gasteiger partial charge in [-0.25, -0.2) is 0 Å². The number of ketones is 1. The monoisotopic (exact) mass is 391 g/mol. The lowest BCUT2D eigenvalue weighted by Crippen LogP contribution is -2.35. The molecule has 8 nitrogen and oxygen atoms in total. The summed E-state index contributed by atoms with van der Waals surface area (Å²) in [6.45, 7) is 1.35. The molecule has 0 amide bonds.